The number of likely N-dealkylation sites (N-methyl/N-ethyl adjacent to an activating group) is 1. The number of rotatable bonds is 1. The lowest BCUT2D eigenvalue weighted by molar-refractivity contribution is 0.475. The first-order valence-electron chi connectivity index (χ1n) is 4.91. The predicted molar refractivity (Wildman–Crippen MR) is 61.8 cm³/mol. The van der Waals surface area contributed by atoms with Crippen LogP contribution in [0.15, 0.2) is 35.0 Å². The van der Waals surface area contributed by atoms with Crippen molar-refractivity contribution in [1.82, 2.24) is 4.90 Å². The summed E-state index contributed by atoms with van der Waals surface area (Å²) in [6.07, 6.45) is 2.03. The van der Waals surface area contributed by atoms with Crippen LogP contribution in [0.1, 0.15) is 12.5 Å². The highest BCUT2D eigenvalue weighted by Crippen LogP contribution is 2.16. The average molecular weight is 202 g/mol. The molecule has 0 radical (unpaired) electrons. The Bertz CT molecular complexity index is 418. The van der Waals surface area contributed by atoms with Gasteiger partial charge in [-0.2, -0.15) is 0 Å². The highest BCUT2D eigenvalue weighted by atomic mass is 16.3. The summed E-state index contributed by atoms with van der Waals surface area (Å²) in [5.41, 5.74) is 2.12. The second kappa shape index (κ2) is 3.77. The molecular formula is C12H14N2O. The van der Waals surface area contributed by atoms with Gasteiger partial charge >= 0.3 is 0 Å². The summed E-state index contributed by atoms with van der Waals surface area (Å²) in [5.74, 6) is 1.33. The maximum absolute atomic E-state index is 9.15. The third-order valence-electron chi connectivity index (χ3n) is 2.48. The molecular weight excluding hydrogens is 188 g/mol. The van der Waals surface area contributed by atoms with E-state index in [2.05, 4.69) is 9.89 Å². The fourth-order valence-electron chi connectivity index (χ4n) is 1.53. The number of amidine groups is 1. The van der Waals surface area contributed by atoms with Crippen LogP contribution < -0.4 is 0 Å². The Morgan fingerprint density at radius 1 is 1.33 bits per heavy atom. The summed E-state index contributed by atoms with van der Waals surface area (Å²) < 4.78 is 0. The lowest BCUT2D eigenvalue weighted by Gasteiger charge is -2.07. The van der Waals surface area contributed by atoms with Gasteiger partial charge in [0.1, 0.15) is 11.6 Å². The molecule has 78 valence electrons. The zero-order valence-electron chi connectivity index (χ0n) is 8.94. The number of nitrogens with zero attached hydrogens (tertiary/aromatic N) is 2. The van der Waals surface area contributed by atoms with Gasteiger partial charge in [-0.3, -0.25) is 0 Å². The molecule has 0 saturated carbocycles. The molecule has 1 aromatic carbocycles. The van der Waals surface area contributed by atoms with E-state index in [1.165, 1.54) is 0 Å². The first-order chi connectivity index (χ1) is 7.15. The highest BCUT2D eigenvalue weighted by molar-refractivity contribution is 5.84. The number of aliphatic imine (C=N–C) groups is 1. The predicted octanol–water partition coefficient (Wildman–Crippen LogP) is 2.10. The number of hydrogen-bond donors (Lipinski definition) is 1. The Hall–Kier alpha value is -1.77. The van der Waals surface area contributed by atoms with Crippen LogP contribution in [0.4, 0.5) is 0 Å². The van der Waals surface area contributed by atoms with E-state index in [1.54, 1.807) is 12.1 Å². The highest BCUT2D eigenvalue weighted by Gasteiger charge is 2.11. The van der Waals surface area contributed by atoms with Gasteiger partial charge in [-0.25, -0.2) is 4.99 Å². The van der Waals surface area contributed by atoms with Crippen molar-refractivity contribution < 1.29 is 5.11 Å². The number of phenolic OH excluding ortho intramolecular Hbond substituents is 1. The second-order valence-electron chi connectivity index (χ2n) is 3.74. The largest absolute Gasteiger partial charge is 0.508 e. The summed E-state index contributed by atoms with van der Waals surface area (Å²) in [6.45, 7) is 2.85. The smallest absolute Gasteiger partial charge is 0.115 e. The number of hydrogen-bond acceptors (Lipinski definition) is 3. The van der Waals surface area contributed by atoms with Crippen LogP contribution in [-0.4, -0.2) is 29.4 Å². The van der Waals surface area contributed by atoms with Crippen LogP contribution in [0.3, 0.4) is 0 Å². The van der Waals surface area contributed by atoms with Gasteiger partial charge < -0.3 is 10.0 Å². The number of aromatic hydroxyl groups is 1. The first-order valence-corrected chi connectivity index (χ1v) is 4.91. The SMILES string of the molecule is CC1=NC(=Cc2ccc(O)cc2)CN1C. The van der Waals surface area contributed by atoms with E-state index in [9.17, 15) is 0 Å². The van der Waals surface area contributed by atoms with Gasteiger partial charge in [0.05, 0.1) is 12.2 Å². The zero-order valence-corrected chi connectivity index (χ0v) is 8.94. The van der Waals surface area contributed by atoms with E-state index < -0.39 is 0 Å². The van der Waals surface area contributed by atoms with Gasteiger partial charge in [0, 0.05) is 7.05 Å². The Balaban J connectivity index is 2.22. The van der Waals surface area contributed by atoms with Crippen LogP contribution in [0, 0.1) is 0 Å². The van der Waals surface area contributed by atoms with Gasteiger partial charge in [-0.15, -0.1) is 0 Å². The molecule has 1 heterocycles. The Kier molecular flexibility index (Phi) is 2.46. The molecule has 15 heavy (non-hydrogen) atoms. The molecule has 3 heteroatoms. The molecule has 3 nitrogen and oxygen atoms in total. The van der Waals surface area contributed by atoms with Gasteiger partial charge in [-0.1, -0.05) is 12.1 Å². The number of phenols is 1. The molecule has 0 aromatic heterocycles. The normalized spacial score (nSPS) is 18.4. The Labute approximate surface area is 89.4 Å². The third kappa shape index (κ3) is 2.18. The van der Waals surface area contributed by atoms with Gasteiger partial charge in [0.25, 0.3) is 0 Å². The quantitative estimate of drug-likeness (QED) is 0.757. The lowest BCUT2D eigenvalue weighted by atomic mass is 10.2. The number of benzene rings is 1. The van der Waals surface area contributed by atoms with E-state index in [-0.39, 0.29) is 0 Å². The molecule has 1 aliphatic heterocycles. The summed E-state index contributed by atoms with van der Waals surface area (Å²) >= 11 is 0. The van der Waals surface area contributed by atoms with Crippen molar-refractivity contribution in [3.63, 3.8) is 0 Å². The third-order valence-corrected chi connectivity index (χ3v) is 2.48. The van der Waals surface area contributed by atoms with Crippen molar-refractivity contribution in [3.05, 3.63) is 35.5 Å². The summed E-state index contributed by atoms with van der Waals surface area (Å²) in [4.78, 5) is 6.53. The van der Waals surface area contributed by atoms with Crippen molar-refractivity contribution in [2.24, 2.45) is 4.99 Å². The van der Waals surface area contributed by atoms with E-state index in [0.717, 1.165) is 23.6 Å². The maximum Gasteiger partial charge on any atom is 0.115 e. The van der Waals surface area contributed by atoms with Gasteiger partial charge in [-0.05, 0) is 30.7 Å². The van der Waals surface area contributed by atoms with Crippen LogP contribution in [0.5, 0.6) is 5.75 Å². The minimum absolute atomic E-state index is 0.292. The topological polar surface area (TPSA) is 35.8 Å². The van der Waals surface area contributed by atoms with Crippen LogP contribution in [0.25, 0.3) is 6.08 Å². The minimum Gasteiger partial charge on any atom is -0.508 e. The second-order valence-corrected chi connectivity index (χ2v) is 3.74. The molecule has 0 saturated heterocycles. The lowest BCUT2D eigenvalue weighted by Crippen LogP contribution is -2.18. The molecule has 1 aliphatic rings. The summed E-state index contributed by atoms with van der Waals surface area (Å²) in [6, 6.07) is 7.13. The van der Waals surface area contributed by atoms with Gasteiger partial charge in [0.2, 0.25) is 0 Å². The molecule has 0 bridgehead atoms. The zero-order chi connectivity index (χ0) is 10.8. The first kappa shape index (κ1) is 9.77. The van der Waals surface area contributed by atoms with E-state index in [4.69, 9.17) is 5.11 Å². The van der Waals surface area contributed by atoms with Crippen molar-refractivity contribution >= 4 is 11.9 Å². The fraction of sp³-hybridized carbons (Fsp3) is 0.250. The molecule has 0 aliphatic carbocycles. The molecule has 1 aromatic rings. The van der Waals surface area contributed by atoms with Gasteiger partial charge in [0.15, 0.2) is 0 Å². The molecule has 0 spiro atoms. The molecule has 0 unspecified atom stereocenters. The summed E-state index contributed by atoms with van der Waals surface area (Å²) in [7, 11) is 2.02. The van der Waals surface area contributed by atoms with E-state index in [1.807, 2.05) is 32.2 Å². The van der Waals surface area contributed by atoms with Crippen molar-refractivity contribution in [2.45, 2.75) is 6.92 Å². The van der Waals surface area contributed by atoms with Crippen LogP contribution >= 0.6 is 0 Å². The Morgan fingerprint density at radius 2 is 2.00 bits per heavy atom. The monoisotopic (exact) mass is 202 g/mol. The van der Waals surface area contributed by atoms with E-state index in [0.29, 0.717) is 5.75 Å². The molecule has 0 fully saturated rings. The maximum atomic E-state index is 9.15. The molecule has 0 atom stereocenters. The van der Waals surface area contributed by atoms with E-state index >= 15 is 0 Å². The fourth-order valence-corrected chi connectivity index (χ4v) is 1.53. The molecule has 2 rings (SSSR count). The Morgan fingerprint density at radius 3 is 2.53 bits per heavy atom. The molecule has 0 amide bonds. The summed E-state index contributed by atoms with van der Waals surface area (Å²) in [5, 5.41) is 9.15. The minimum atomic E-state index is 0.292. The van der Waals surface area contributed by atoms with Crippen LogP contribution in [-0.2, 0) is 0 Å². The van der Waals surface area contributed by atoms with Crippen molar-refractivity contribution in [2.75, 3.05) is 13.6 Å². The van der Waals surface area contributed by atoms with Crippen molar-refractivity contribution in [1.29, 1.82) is 0 Å². The van der Waals surface area contributed by atoms with Crippen molar-refractivity contribution in [3.8, 4) is 5.75 Å². The standard InChI is InChI=1S/C12H14N2O/c1-9-13-11(8-14(9)2)7-10-3-5-12(15)6-4-10/h3-7,15H,8H2,1-2H3. The van der Waals surface area contributed by atoms with Crippen LogP contribution in [0.2, 0.25) is 0 Å². The molecule has 1 N–H and O–H groups in total. The average Bonchev–Trinajstić information content (AvgIpc) is 2.50.